The molecule has 2 amide bonds. The van der Waals surface area contributed by atoms with Crippen LogP contribution in [-0.2, 0) is 23.9 Å². The van der Waals surface area contributed by atoms with Crippen LogP contribution in [-0.4, -0.2) is 70.8 Å². The zero-order chi connectivity index (χ0) is 28.7. The standard InChI is InChI=1S/C32H38N2O6/c1-5-8-18-39-30(38)26-25-28(36)34(21(4)20-35)27(32(25)16-15-31(26,7-3)40-32)29(37)33(17-6-2)24-14-13-22-11-9-10-12-23(22)19-24/h5-6,9-14,19,21,25-27,35H,1-2,7-8,15-18,20H2,3-4H3/t21-,25+,26-,27?,31+,32?/m1/s1. The summed E-state index contributed by atoms with van der Waals surface area (Å²) in [6.07, 6.45) is 5.33. The number of esters is 1. The number of amides is 2. The van der Waals surface area contributed by atoms with E-state index in [1.54, 1.807) is 24.0 Å². The topological polar surface area (TPSA) is 96.4 Å². The van der Waals surface area contributed by atoms with E-state index in [-0.39, 0.29) is 31.6 Å². The van der Waals surface area contributed by atoms with Gasteiger partial charge in [-0.25, -0.2) is 0 Å². The Morgan fingerprint density at radius 1 is 1.20 bits per heavy atom. The van der Waals surface area contributed by atoms with Gasteiger partial charge in [0.1, 0.15) is 17.6 Å². The monoisotopic (exact) mass is 546 g/mol. The van der Waals surface area contributed by atoms with Crippen molar-refractivity contribution in [3.05, 3.63) is 67.8 Å². The molecule has 1 spiro atoms. The van der Waals surface area contributed by atoms with E-state index in [0.29, 0.717) is 31.4 Å². The molecule has 2 aromatic rings. The molecule has 6 atom stereocenters. The molecule has 0 radical (unpaired) electrons. The highest BCUT2D eigenvalue weighted by Crippen LogP contribution is 2.64. The summed E-state index contributed by atoms with van der Waals surface area (Å²) in [4.78, 5) is 45.4. The number of rotatable bonds is 11. The van der Waals surface area contributed by atoms with Crippen molar-refractivity contribution in [1.82, 2.24) is 4.90 Å². The lowest BCUT2D eigenvalue weighted by Crippen LogP contribution is -2.58. The predicted octanol–water partition coefficient (Wildman–Crippen LogP) is 4.01. The first kappa shape index (κ1) is 28.1. The van der Waals surface area contributed by atoms with E-state index in [4.69, 9.17) is 9.47 Å². The number of ether oxygens (including phenoxy) is 2. The maximum absolute atomic E-state index is 14.6. The number of fused-ring (bicyclic) bond motifs is 2. The molecule has 0 saturated carbocycles. The van der Waals surface area contributed by atoms with Gasteiger partial charge < -0.3 is 24.4 Å². The van der Waals surface area contributed by atoms with E-state index >= 15 is 0 Å². The first-order valence-electron chi connectivity index (χ1n) is 14.1. The fourth-order valence-corrected chi connectivity index (χ4v) is 7.13. The predicted molar refractivity (Wildman–Crippen MR) is 153 cm³/mol. The zero-order valence-corrected chi connectivity index (χ0v) is 23.3. The van der Waals surface area contributed by atoms with Gasteiger partial charge in [-0.05, 0) is 55.5 Å². The molecule has 1 N–H and O–H groups in total. The maximum Gasteiger partial charge on any atom is 0.312 e. The highest BCUT2D eigenvalue weighted by Gasteiger charge is 2.79. The van der Waals surface area contributed by atoms with E-state index in [2.05, 4.69) is 13.2 Å². The molecule has 0 aromatic heterocycles. The second-order valence-corrected chi connectivity index (χ2v) is 11.1. The molecular weight excluding hydrogens is 508 g/mol. The fourth-order valence-electron chi connectivity index (χ4n) is 7.13. The van der Waals surface area contributed by atoms with Crippen molar-refractivity contribution in [2.75, 3.05) is 24.7 Å². The Balaban J connectivity index is 1.59. The van der Waals surface area contributed by atoms with Gasteiger partial charge >= 0.3 is 5.97 Å². The third-order valence-corrected chi connectivity index (χ3v) is 9.03. The summed E-state index contributed by atoms with van der Waals surface area (Å²) in [7, 11) is 0. The van der Waals surface area contributed by atoms with Crippen molar-refractivity contribution >= 4 is 34.2 Å². The molecule has 5 rings (SSSR count). The number of likely N-dealkylation sites (tertiary alicyclic amines) is 1. The average Bonchev–Trinajstić information content (AvgIpc) is 3.58. The molecule has 8 nitrogen and oxygen atoms in total. The molecule has 3 fully saturated rings. The summed E-state index contributed by atoms with van der Waals surface area (Å²) in [6.45, 7) is 11.3. The van der Waals surface area contributed by atoms with Crippen LogP contribution in [0.25, 0.3) is 10.8 Å². The van der Waals surface area contributed by atoms with E-state index < -0.39 is 41.1 Å². The SMILES string of the molecule is C=CCCOC(=O)[C@H]1[C@H]2C(=O)N([C@H](C)CO)C(C(=O)N(CC=C)c3ccc4ccccc4c3)C23CC[C@]1(CC)O3. The number of hydrogen-bond acceptors (Lipinski definition) is 6. The Hall–Kier alpha value is -3.49. The van der Waals surface area contributed by atoms with Crippen LogP contribution in [0.2, 0.25) is 0 Å². The summed E-state index contributed by atoms with van der Waals surface area (Å²) in [5, 5.41) is 12.2. The quantitative estimate of drug-likeness (QED) is 0.260. The van der Waals surface area contributed by atoms with Gasteiger partial charge in [0.2, 0.25) is 5.91 Å². The van der Waals surface area contributed by atoms with Crippen LogP contribution in [0.5, 0.6) is 0 Å². The fraction of sp³-hybridized carbons (Fsp3) is 0.469. The van der Waals surface area contributed by atoms with Crippen molar-refractivity contribution in [3.8, 4) is 0 Å². The first-order valence-corrected chi connectivity index (χ1v) is 14.1. The minimum absolute atomic E-state index is 0.167. The average molecular weight is 547 g/mol. The van der Waals surface area contributed by atoms with E-state index in [1.165, 1.54) is 4.90 Å². The summed E-state index contributed by atoms with van der Waals surface area (Å²) in [5.74, 6) is -2.85. The smallest absolute Gasteiger partial charge is 0.312 e. The van der Waals surface area contributed by atoms with E-state index in [1.807, 2.05) is 49.4 Å². The van der Waals surface area contributed by atoms with Crippen LogP contribution >= 0.6 is 0 Å². The van der Waals surface area contributed by atoms with E-state index in [9.17, 15) is 19.5 Å². The highest BCUT2D eigenvalue weighted by atomic mass is 16.6. The molecule has 3 saturated heterocycles. The van der Waals surface area contributed by atoms with Crippen LogP contribution < -0.4 is 4.90 Å². The largest absolute Gasteiger partial charge is 0.465 e. The normalized spacial score (nSPS) is 29.3. The zero-order valence-electron chi connectivity index (χ0n) is 23.3. The van der Waals surface area contributed by atoms with Gasteiger partial charge in [-0.1, -0.05) is 49.4 Å². The van der Waals surface area contributed by atoms with Crippen molar-refractivity contribution in [2.24, 2.45) is 11.8 Å². The van der Waals surface area contributed by atoms with Crippen LogP contribution in [0.1, 0.15) is 39.5 Å². The molecule has 3 aliphatic heterocycles. The molecule has 40 heavy (non-hydrogen) atoms. The highest BCUT2D eigenvalue weighted by molar-refractivity contribution is 6.05. The summed E-state index contributed by atoms with van der Waals surface area (Å²) >= 11 is 0. The number of benzene rings is 2. The van der Waals surface area contributed by atoms with Crippen molar-refractivity contribution in [3.63, 3.8) is 0 Å². The number of aliphatic hydroxyl groups is 1. The molecule has 3 aliphatic rings. The Labute approximate surface area is 235 Å². The molecule has 2 unspecified atom stereocenters. The van der Waals surface area contributed by atoms with Crippen molar-refractivity contribution < 1.29 is 29.0 Å². The lowest BCUT2D eigenvalue weighted by molar-refractivity contribution is -0.161. The number of aliphatic hydroxyl groups excluding tert-OH is 1. The van der Waals surface area contributed by atoms with E-state index in [0.717, 1.165) is 10.8 Å². The van der Waals surface area contributed by atoms with Crippen molar-refractivity contribution in [2.45, 2.75) is 62.8 Å². The lowest BCUT2D eigenvalue weighted by atomic mass is 9.65. The van der Waals surface area contributed by atoms with Gasteiger partial charge in [0, 0.05) is 12.2 Å². The summed E-state index contributed by atoms with van der Waals surface area (Å²) in [5.41, 5.74) is -1.41. The summed E-state index contributed by atoms with van der Waals surface area (Å²) < 4.78 is 12.4. The molecule has 3 heterocycles. The molecule has 212 valence electrons. The molecule has 2 aromatic carbocycles. The van der Waals surface area contributed by atoms with Gasteiger partial charge in [-0.2, -0.15) is 0 Å². The van der Waals surface area contributed by atoms with Crippen LogP contribution in [0, 0.1) is 11.8 Å². The van der Waals surface area contributed by atoms with Gasteiger partial charge in [-0.15, -0.1) is 13.2 Å². The van der Waals surface area contributed by atoms with Gasteiger partial charge in [-0.3, -0.25) is 14.4 Å². The van der Waals surface area contributed by atoms with Gasteiger partial charge in [0.25, 0.3) is 5.91 Å². The van der Waals surface area contributed by atoms with Crippen LogP contribution in [0.4, 0.5) is 5.69 Å². The maximum atomic E-state index is 14.6. The Bertz CT molecular complexity index is 1340. The number of carbonyl (C=O) groups excluding carboxylic acids is 3. The third-order valence-electron chi connectivity index (χ3n) is 9.03. The van der Waals surface area contributed by atoms with Crippen molar-refractivity contribution in [1.29, 1.82) is 0 Å². The molecule has 8 heteroatoms. The second kappa shape index (κ2) is 10.8. The Morgan fingerprint density at radius 3 is 2.62 bits per heavy atom. The first-order chi connectivity index (χ1) is 19.3. The third kappa shape index (κ3) is 4.16. The van der Waals surface area contributed by atoms with Gasteiger partial charge in [0.15, 0.2) is 0 Å². The number of anilines is 1. The number of hydrogen-bond donors (Lipinski definition) is 1. The van der Waals surface area contributed by atoms with Crippen LogP contribution in [0.3, 0.4) is 0 Å². The number of carbonyl (C=O) groups is 3. The summed E-state index contributed by atoms with van der Waals surface area (Å²) in [6, 6.07) is 12.0. The Kier molecular flexibility index (Phi) is 7.59. The molecule has 2 bridgehead atoms. The number of nitrogens with zero attached hydrogens (tertiary/aromatic N) is 2. The second-order valence-electron chi connectivity index (χ2n) is 11.1. The van der Waals surface area contributed by atoms with Crippen LogP contribution in [0.15, 0.2) is 67.8 Å². The molecule has 0 aliphatic carbocycles. The Morgan fingerprint density at radius 2 is 1.95 bits per heavy atom. The minimum Gasteiger partial charge on any atom is -0.465 e. The minimum atomic E-state index is -1.20. The van der Waals surface area contributed by atoms with Gasteiger partial charge in [0.05, 0.1) is 30.8 Å². The molecular formula is C32H38N2O6. The lowest BCUT2D eigenvalue weighted by Gasteiger charge is -2.38.